The number of urea groups is 1. The molecule has 4 heterocycles. The van der Waals surface area contributed by atoms with Crippen LogP contribution in [-0.4, -0.2) is 50.5 Å². The van der Waals surface area contributed by atoms with Crippen LogP contribution in [-0.2, 0) is 13.0 Å². The lowest BCUT2D eigenvalue weighted by Gasteiger charge is -2.42. The molecule has 0 atom stereocenters. The predicted octanol–water partition coefficient (Wildman–Crippen LogP) is 2.25. The van der Waals surface area contributed by atoms with Crippen LogP contribution in [0.25, 0.3) is 0 Å². The van der Waals surface area contributed by atoms with Gasteiger partial charge in [0.05, 0.1) is 11.7 Å². The number of amides is 2. The van der Waals surface area contributed by atoms with Crippen molar-refractivity contribution in [1.29, 1.82) is 0 Å². The molecule has 1 saturated carbocycles. The molecule has 0 spiro atoms. The summed E-state index contributed by atoms with van der Waals surface area (Å²) >= 11 is 1.80. The van der Waals surface area contributed by atoms with Gasteiger partial charge < -0.3 is 9.80 Å². The molecule has 7 heteroatoms. The lowest BCUT2D eigenvalue weighted by Crippen LogP contribution is -2.56. The van der Waals surface area contributed by atoms with E-state index in [1.165, 1.54) is 23.3 Å². The summed E-state index contributed by atoms with van der Waals surface area (Å²) in [6.45, 7) is 3.09. The molecule has 2 aliphatic heterocycles. The Hall–Kier alpha value is -1.89. The number of hydrogen-bond donors (Lipinski definition) is 0. The summed E-state index contributed by atoms with van der Waals surface area (Å²) in [5, 5.41) is 10.6. The zero-order valence-corrected chi connectivity index (χ0v) is 13.7. The maximum atomic E-state index is 12.6. The standard InChI is InChI=1S/C16H19N5OS/c22-16(19-5-3-15-12(7-19)4-6-23-15)20-8-13(9-20)21-10-14(17-18-21)11-1-2-11/h4,6,10-11,13H,1-3,5,7-9H2. The van der Waals surface area contributed by atoms with Crippen LogP contribution < -0.4 is 0 Å². The first-order valence-corrected chi connectivity index (χ1v) is 9.17. The van der Waals surface area contributed by atoms with Gasteiger partial charge in [-0.25, -0.2) is 9.48 Å². The highest BCUT2D eigenvalue weighted by Crippen LogP contribution is 2.39. The molecule has 2 aromatic rings. The molecule has 1 saturated heterocycles. The minimum absolute atomic E-state index is 0.167. The monoisotopic (exact) mass is 329 g/mol. The molecule has 2 amide bonds. The molecule has 0 unspecified atom stereocenters. The van der Waals surface area contributed by atoms with Crippen molar-refractivity contribution in [2.24, 2.45) is 0 Å². The SMILES string of the molecule is O=C(N1CCc2sccc2C1)N1CC(n2cc(C3CC3)nn2)C1. The Bertz CT molecular complexity index is 743. The molecule has 2 aromatic heterocycles. The molecular weight excluding hydrogens is 310 g/mol. The molecule has 5 rings (SSSR count). The Morgan fingerprint density at radius 2 is 2.13 bits per heavy atom. The lowest BCUT2D eigenvalue weighted by molar-refractivity contribution is 0.0857. The highest BCUT2D eigenvalue weighted by Gasteiger charge is 2.37. The fraction of sp³-hybridized carbons (Fsp3) is 0.562. The Morgan fingerprint density at radius 3 is 2.96 bits per heavy atom. The van der Waals surface area contributed by atoms with E-state index >= 15 is 0 Å². The maximum Gasteiger partial charge on any atom is 0.320 e. The van der Waals surface area contributed by atoms with Crippen LogP contribution in [0, 0.1) is 0 Å². The third kappa shape index (κ3) is 2.34. The van der Waals surface area contributed by atoms with Crippen molar-refractivity contribution in [2.45, 2.75) is 37.8 Å². The van der Waals surface area contributed by atoms with E-state index in [4.69, 9.17) is 0 Å². The summed E-state index contributed by atoms with van der Waals surface area (Å²) < 4.78 is 1.95. The van der Waals surface area contributed by atoms with Crippen LogP contribution in [0.4, 0.5) is 4.79 Å². The van der Waals surface area contributed by atoms with Crippen LogP contribution in [0.3, 0.4) is 0 Å². The van der Waals surface area contributed by atoms with Gasteiger partial charge in [0.25, 0.3) is 0 Å². The van der Waals surface area contributed by atoms with Gasteiger partial charge in [-0.15, -0.1) is 16.4 Å². The molecule has 120 valence electrons. The number of hydrogen-bond acceptors (Lipinski definition) is 4. The molecule has 6 nitrogen and oxygen atoms in total. The van der Waals surface area contributed by atoms with E-state index in [2.05, 4.69) is 28.0 Å². The smallest absolute Gasteiger partial charge is 0.320 e. The Kier molecular flexibility index (Phi) is 2.98. The van der Waals surface area contributed by atoms with E-state index < -0.39 is 0 Å². The summed E-state index contributed by atoms with van der Waals surface area (Å²) in [7, 11) is 0. The van der Waals surface area contributed by atoms with Gasteiger partial charge in [0.2, 0.25) is 0 Å². The molecule has 3 aliphatic rings. The van der Waals surface area contributed by atoms with Crippen molar-refractivity contribution in [3.05, 3.63) is 33.8 Å². The maximum absolute atomic E-state index is 12.6. The van der Waals surface area contributed by atoms with Gasteiger partial charge in [0.1, 0.15) is 0 Å². The summed E-state index contributed by atoms with van der Waals surface area (Å²) in [5.74, 6) is 0.634. The fourth-order valence-corrected chi connectivity index (χ4v) is 4.32. The van der Waals surface area contributed by atoms with Gasteiger partial charge in [-0.2, -0.15) is 0 Å². The molecule has 0 radical (unpaired) electrons. The Morgan fingerprint density at radius 1 is 1.26 bits per heavy atom. The van der Waals surface area contributed by atoms with Gasteiger partial charge in [-0.05, 0) is 36.3 Å². The molecule has 0 bridgehead atoms. The van der Waals surface area contributed by atoms with Crippen molar-refractivity contribution in [1.82, 2.24) is 24.8 Å². The van der Waals surface area contributed by atoms with E-state index in [-0.39, 0.29) is 6.03 Å². The summed E-state index contributed by atoms with van der Waals surface area (Å²) in [6.07, 6.45) is 5.55. The van der Waals surface area contributed by atoms with Crippen molar-refractivity contribution in [2.75, 3.05) is 19.6 Å². The minimum Gasteiger partial charge on any atom is -0.320 e. The Labute approximate surface area is 138 Å². The second-order valence-corrected chi connectivity index (χ2v) is 7.78. The predicted molar refractivity (Wildman–Crippen MR) is 86.4 cm³/mol. The van der Waals surface area contributed by atoms with Gasteiger partial charge in [0.15, 0.2) is 0 Å². The number of carbonyl (C=O) groups is 1. The van der Waals surface area contributed by atoms with Crippen LogP contribution in [0.1, 0.15) is 40.9 Å². The highest BCUT2D eigenvalue weighted by molar-refractivity contribution is 7.10. The number of rotatable bonds is 2. The summed E-state index contributed by atoms with van der Waals surface area (Å²) in [4.78, 5) is 18.0. The first-order valence-electron chi connectivity index (χ1n) is 8.29. The minimum atomic E-state index is 0.167. The highest BCUT2D eigenvalue weighted by atomic mass is 32.1. The normalized spacial score (nSPS) is 21.2. The lowest BCUT2D eigenvalue weighted by atomic mass is 10.1. The third-order valence-electron chi connectivity index (χ3n) is 5.11. The van der Waals surface area contributed by atoms with E-state index in [1.54, 1.807) is 11.3 Å². The van der Waals surface area contributed by atoms with Gasteiger partial charge in [-0.1, -0.05) is 5.21 Å². The largest absolute Gasteiger partial charge is 0.320 e. The Balaban J connectivity index is 1.20. The van der Waals surface area contributed by atoms with Crippen LogP contribution in [0.2, 0.25) is 0 Å². The van der Waals surface area contributed by atoms with Crippen LogP contribution in [0.15, 0.2) is 17.6 Å². The average Bonchev–Trinajstić information content (AvgIpc) is 3.08. The van der Waals surface area contributed by atoms with Crippen molar-refractivity contribution >= 4 is 17.4 Å². The first-order chi connectivity index (χ1) is 11.3. The van der Waals surface area contributed by atoms with Crippen molar-refractivity contribution in [3.63, 3.8) is 0 Å². The van der Waals surface area contributed by atoms with E-state index in [1.807, 2.05) is 14.5 Å². The van der Waals surface area contributed by atoms with E-state index in [0.717, 1.165) is 38.3 Å². The number of thiophene rings is 1. The zero-order valence-electron chi connectivity index (χ0n) is 12.9. The topological polar surface area (TPSA) is 54.3 Å². The zero-order chi connectivity index (χ0) is 15.4. The molecule has 1 aliphatic carbocycles. The first kappa shape index (κ1) is 13.5. The van der Waals surface area contributed by atoms with Gasteiger partial charge in [-0.3, -0.25) is 0 Å². The number of nitrogens with zero attached hydrogens (tertiary/aromatic N) is 5. The molecule has 0 aromatic carbocycles. The number of likely N-dealkylation sites (tertiary alicyclic amines) is 1. The van der Waals surface area contributed by atoms with Crippen LogP contribution in [0.5, 0.6) is 0 Å². The average molecular weight is 329 g/mol. The van der Waals surface area contributed by atoms with Crippen LogP contribution >= 0.6 is 11.3 Å². The summed E-state index contributed by atoms with van der Waals surface area (Å²) in [6, 6.07) is 2.61. The number of aromatic nitrogens is 3. The fourth-order valence-electron chi connectivity index (χ4n) is 3.43. The second kappa shape index (κ2) is 5.06. The number of carbonyl (C=O) groups excluding carboxylic acids is 1. The second-order valence-electron chi connectivity index (χ2n) is 6.78. The van der Waals surface area contributed by atoms with Gasteiger partial charge >= 0.3 is 6.03 Å². The number of fused-ring (bicyclic) bond motifs is 1. The summed E-state index contributed by atoms with van der Waals surface area (Å²) in [5.41, 5.74) is 2.44. The van der Waals surface area contributed by atoms with Gasteiger partial charge in [0, 0.05) is 43.2 Å². The van der Waals surface area contributed by atoms with E-state index in [0.29, 0.717) is 12.0 Å². The van der Waals surface area contributed by atoms with Crippen molar-refractivity contribution < 1.29 is 4.79 Å². The quantitative estimate of drug-likeness (QED) is 0.849. The third-order valence-corrected chi connectivity index (χ3v) is 6.13. The van der Waals surface area contributed by atoms with E-state index in [9.17, 15) is 4.79 Å². The molecule has 0 N–H and O–H groups in total. The molecule has 2 fully saturated rings. The molecular formula is C16H19N5OS. The van der Waals surface area contributed by atoms with Crippen molar-refractivity contribution in [3.8, 4) is 0 Å². The molecule has 23 heavy (non-hydrogen) atoms.